The normalized spacial score (nSPS) is 10.1. The Bertz CT molecular complexity index is 930. The van der Waals surface area contributed by atoms with Gasteiger partial charge >= 0.3 is 0 Å². The maximum Gasteiger partial charge on any atom is 0.103 e. The third kappa shape index (κ3) is 3.46. The first-order valence-electron chi connectivity index (χ1n) is 7.47. The lowest BCUT2D eigenvalue weighted by Crippen LogP contribution is -1.97. The number of benzene rings is 2. The van der Waals surface area contributed by atoms with Gasteiger partial charge in [0.05, 0.1) is 16.8 Å². The fraction of sp³-hybridized carbons (Fsp3) is 0.158. The molecule has 0 radical (unpaired) electrons. The van der Waals surface area contributed by atoms with E-state index < -0.39 is 0 Å². The van der Waals surface area contributed by atoms with E-state index in [2.05, 4.69) is 35.4 Å². The molecule has 0 aliphatic rings. The van der Waals surface area contributed by atoms with E-state index in [4.69, 9.17) is 11.6 Å². The van der Waals surface area contributed by atoms with Gasteiger partial charge in [-0.05, 0) is 48.7 Å². The predicted octanol–water partition coefficient (Wildman–Crippen LogP) is 5.80. The van der Waals surface area contributed by atoms with Crippen molar-refractivity contribution in [2.24, 2.45) is 0 Å². The number of rotatable bonds is 3. The molecule has 1 aromatic heterocycles. The molecular formula is C19H17Cl2N3. The Morgan fingerprint density at radius 2 is 2.00 bits per heavy atom. The number of anilines is 2. The smallest absolute Gasteiger partial charge is 0.103 e. The molecule has 3 aromatic rings. The van der Waals surface area contributed by atoms with Crippen LogP contribution < -0.4 is 5.32 Å². The van der Waals surface area contributed by atoms with E-state index in [0.29, 0.717) is 10.6 Å². The Morgan fingerprint density at radius 1 is 1.21 bits per heavy atom. The van der Waals surface area contributed by atoms with Gasteiger partial charge in [-0.15, -0.1) is 12.4 Å². The lowest BCUT2D eigenvalue weighted by atomic mass is 10.0. The van der Waals surface area contributed by atoms with Crippen molar-refractivity contribution in [2.45, 2.75) is 20.3 Å². The highest BCUT2D eigenvalue weighted by molar-refractivity contribution is 6.31. The van der Waals surface area contributed by atoms with E-state index >= 15 is 0 Å². The number of nitriles is 1. The van der Waals surface area contributed by atoms with E-state index in [-0.39, 0.29) is 12.4 Å². The highest BCUT2D eigenvalue weighted by Gasteiger charge is 2.10. The number of nitrogens with zero attached hydrogens (tertiary/aromatic N) is 2. The third-order valence-corrected chi connectivity index (χ3v) is 4.31. The van der Waals surface area contributed by atoms with Gasteiger partial charge in [-0.1, -0.05) is 30.7 Å². The molecule has 0 spiro atoms. The number of aryl methyl sites for hydroxylation is 2. The molecule has 0 aliphatic heterocycles. The summed E-state index contributed by atoms with van der Waals surface area (Å²) in [7, 11) is 0. The maximum absolute atomic E-state index is 9.43. The fourth-order valence-corrected chi connectivity index (χ4v) is 2.67. The maximum atomic E-state index is 9.43. The second-order valence-corrected chi connectivity index (χ2v) is 5.86. The number of halogens is 2. The van der Waals surface area contributed by atoms with Crippen molar-refractivity contribution in [3.63, 3.8) is 0 Å². The van der Waals surface area contributed by atoms with Gasteiger partial charge in [0.1, 0.15) is 6.07 Å². The molecule has 1 N–H and O–H groups in total. The molecule has 122 valence electrons. The molecule has 1 heterocycles. The Kier molecular flexibility index (Phi) is 5.66. The van der Waals surface area contributed by atoms with Crippen LogP contribution >= 0.6 is 24.0 Å². The predicted molar refractivity (Wildman–Crippen MR) is 103 cm³/mol. The third-order valence-electron chi connectivity index (χ3n) is 3.90. The van der Waals surface area contributed by atoms with E-state index in [1.54, 1.807) is 6.20 Å². The Morgan fingerprint density at radius 3 is 2.67 bits per heavy atom. The van der Waals surface area contributed by atoms with Crippen molar-refractivity contribution in [1.82, 2.24) is 4.98 Å². The quantitative estimate of drug-likeness (QED) is 0.644. The number of hydrogen-bond donors (Lipinski definition) is 1. The Labute approximate surface area is 152 Å². The number of pyridine rings is 1. The van der Waals surface area contributed by atoms with Crippen molar-refractivity contribution < 1.29 is 0 Å². The summed E-state index contributed by atoms with van der Waals surface area (Å²) in [6.07, 6.45) is 2.54. The van der Waals surface area contributed by atoms with Crippen LogP contribution in [-0.2, 0) is 6.42 Å². The van der Waals surface area contributed by atoms with Gasteiger partial charge in [0.15, 0.2) is 0 Å². The summed E-state index contributed by atoms with van der Waals surface area (Å²) in [4.78, 5) is 4.37. The zero-order chi connectivity index (χ0) is 16.4. The van der Waals surface area contributed by atoms with Crippen molar-refractivity contribution in [2.75, 3.05) is 5.32 Å². The van der Waals surface area contributed by atoms with Crippen LogP contribution in [0.1, 0.15) is 23.6 Å². The van der Waals surface area contributed by atoms with E-state index in [1.165, 1.54) is 5.56 Å². The number of nitrogens with one attached hydrogen (secondary N) is 1. The fourth-order valence-electron chi connectivity index (χ4n) is 2.49. The molecule has 0 amide bonds. The molecular weight excluding hydrogens is 341 g/mol. The molecule has 3 rings (SSSR count). The van der Waals surface area contributed by atoms with E-state index in [1.807, 2.05) is 31.2 Å². The minimum absolute atomic E-state index is 0. The average molecular weight is 358 g/mol. The van der Waals surface area contributed by atoms with Crippen LogP contribution in [0.15, 0.2) is 42.6 Å². The first kappa shape index (κ1) is 18.1. The Balaban J connectivity index is 0.00000208. The molecule has 0 aliphatic carbocycles. The van der Waals surface area contributed by atoms with Gasteiger partial charge < -0.3 is 5.32 Å². The molecule has 0 saturated heterocycles. The van der Waals surface area contributed by atoms with Gasteiger partial charge in [-0.2, -0.15) is 5.26 Å². The summed E-state index contributed by atoms with van der Waals surface area (Å²) in [5.74, 6) is 0. The van der Waals surface area contributed by atoms with E-state index in [0.717, 1.165) is 34.3 Å². The summed E-state index contributed by atoms with van der Waals surface area (Å²) in [5.41, 5.74) is 5.23. The summed E-state index contributed by atoms with van der Waals surface area (Å²) in [6, 6.07) is 14.1. The minimum Gasteiger partial charge on any atom is -0.354 e. The lowest BCUT2D eigenvalue weighted by molar-refractivity contribution is 1.14. The largest absolute Gasteiger partial charge is 0.354 e. The van der Waals surface area contributed by atoms with Crippen molar-refractivity contribution >= 4 is 46.3 Å². The van der Waals surface area contributed by atoms with Crippen LogP contribution in [0.4, 0.5) is 11.4 Å². The van der Waals surface area contributed by atoms with Crippen LogP contribution in [-0.4, -0.2) is 4.98 Å². The highest BCUT2D eigenvalue weighted by Crippen LogP contribution is 2.31. The molecule has 5 heteroatoms. The molecule has 0 saturated carbocycles. The Hall–Kier alpha value is -2.28. The van der Waals surface area contributed by atoms with Gasteiger partial charge in [0, 0.05) is 22.3 Å². The SMILES string of the molecule is CCc1ccc2ncc(C#N)c(Nc3ccc(C)c(Cl)c3)c2c1.Cl. The van der Waals surface area contributed by atoms with Crippen LogP contribution in [0.25, 0.3) is 10.9 Å². The molecule has 0 unspecified atom stereocenters. The summed E-state index contributed by atoms with van der Waals surface area (Å²) in [5, 5.41) is 14.4. The van der Waals surface area contributed by atoms with Gasteiger partial charge in [0.25, 0.3) is 0 Å². The zero-order valence-corrected chi connectivity index (χ0v) is 15.0. The van der Waals surface area contributed by atoms with E-state index in [9.17, 15) is 5.26 Å². The highest BCUT2D eigenvalue weighted by atomic mass is 35.5. The first-order valence-corrected chi connectivity index (χ1v) is 7.85. The molecule has 0 atom stereocenters. The monoisotopic (exact) mass is 357 g/mol. The van der Waals surface area contributed by atoms with Gasteiger partial charge in [0.2, 0.25) is 0 Å². The van der Waals surface area contributed by atoms with Gasteiger partial charge in [-0.25, -0.2) is 0 Å². The summed E-state index contributed by atoms with van der Waals surface area (Å²) >= 11 is 6.20. The first-order chi connectivity index (χ1) is 11.1. The number of hydrogen-bond acceptors (Lipinski definition) is 3. The molecule has 3 nitrogen and oxygen atoms in total. The standard InChI is InChI=1S/C19H16ClN3.ClH/c1-3-13-5-7-18-16(8-13)19(14(10-21)11-22-18)23-15-6-4-12(2)17(20)9-15;/h4-9,11H,3H2,1-2H3,(H,22,23);1H. The molecule has 0 bridgehead atoms. The van der Waals surface area contributed by atoms with Crippen LogP contribution in [0.3, 0.4) is 0 Å². The van der Waals surface area contributed by atoms with Crippen molar-refractivity contribution in [1.29, 1.82) is 5.26 Å². The zero-order valence-electron chi connectivity index (χ0n) is 13.4. The second-order valence-electron chi connectivity index (χ2n) is 5.45. The van der Waals surface area contributed by atoms with Crippen LogP contribution in [0, 0.1) is 18.3 Å². The number of aromatic nitrogens is 1. The molecule has 2 aromatic carbocycles. The summed E-state index contributed by atoms with van der Waals surface area (Å²) < 4.78 is 0. The lowest BCUT2D eigenvalue weighted by Gasteiger charge is -2.13. The van der Waals surface area contributed by atoms with Crippen LogP contribution in [0.5, 0.6) is 0 Å². The molecule has 24 heavy (non-hydrogen) atoms. The van der Waals surface area contributed by atoms with Crippen molar-refractivity contribution in [3.8, 4) is 6.07 Å². The topological polar surface area (TPSA) is 48.7 Å². The minimum atomic E-state index is 0. The van der Waals surface area contributed by atoms with Gasteiger partial charge in [-0.3, -0.25) is 4.98 Å². The number of fused-ring (bicyclic) bond motifs is 1. The average Bonchev–Trinajstić information content (AvgIpc) is 2.58. The van der Waals surface area contributed by atoms with Crippen molar-refractivity contribution in [3.05, 3.63) is 64.3 Å². The second kappa shape index (κ2) is 7.53. The van der Waals surface area contributed by atoms with Crippen LogP contribution in [0.2, 0.25) is 5.02 Å². The summed E-state index contributed by atoms with van der Waals surface area (Å²) in [6.45, 7) is 4.07. The molecule has 0 fully saturated rings.